The number of hydrogen-bond acceptors (Lipinski definition) is 3. The van der Waals surface area contributed by atoms with Crippen LogP contribution in [0.1, 0.15) is 35.8 Å². The predicted molar refractivity (Wildman–Crippen MR) is 99.5 cm³/mol. The van der Waals surface area contributed by atoms with Gasteiger partial charge in [-0.1, -0.05) is 30.3 Å². The number of H-pyrrole nitrogens is 1. The molecule has 2 aromatic carbocycles. The summed E-state index contributed by atoms with van der Waals surface area (Å²) in [5, 5.41) is 0.591. The molecule has 1 aliphatic heterocycles. The molecule has 4 rings (SSSR count). The molecular weight excluding hydrogens is 350 g/mol. The number of aromatic nitrogens is 1. The number of benzene rings is 2. The average Bonchev–Trinajstić information content (AvgIpc) is 2.68. The van der Waals surface area contributed by atoms with E-state index < -0.39 is 17.2 Å². The molecule has 0 aliphatic carbocycles. The lowest BCUT2D eigenvalue weighted by atomic mass is 9.94. The van der Waals surface area contributed by atoms with Gasteiger partial charge in [0.15, 0.2) is 11.6 Å². The zero-order valence-electron chi connectivity index (χ0n) is 15.1. The predicted octanol–water partition coefficient (Wildman–Crippen LogP) is 4.07. The van der Waals surface area contributed by atoms with Gasteiger partial charge in [-0.3, -0.25) is 9.69 Å². The number of rotatable bonds is 3. The first kappa shape index (κ1) is 17.8. The fourth-order valence-electron chi connectivity index (χ4n) is 3.80. The first-order chi connectivity index (χ1) is 13.0. The van der Waals surface area contributed by atoms with Gasteiger partial charge in [-0.2, -0.15) is 0 Å². The number of pyridine rings is 1. The number of halogens is 2. The summed E-state index contributed by atoms with van der Waals surface area (Å²) in [6, 6.07) is 12.0. The highest BCUT2D eigenvalue weighted by Gasteiger charge is 2.31. The summed E-state index contributed by atoms with van der Waals surface area (Å²) in [7, 11) is 1.97. The van der Waals surface area contributed by atoms with E-state index in [0.29, 0.717) is 17.7 Å². The largest absolute Gasteiger partial charge is 0.373 e. The third kappa shape index (κ3) is 3.05. The van der Waals surface area contributed by atoms with Crippen molar-refractivity contribution in [3.63, 3.8) is 0 Å². The molecule has 0 saturated heterocycles. The van der Waals surface area contributed by atoms with E-state index in [1.807, 2.05) is 37.4 Å². The molecule has 1 N–H and O–H groups in total. The molecule has 0 bridgehead atoms. The molecule has 140 valence electrons. The second kappa shape index (κ2) is 6.87. The van der Waals surface area contributed by atoms with E-state index in [2.05, 4.69) is 16.8 Å². The van der Waals surface area contributed by atoms with Crippen LogP contribution < -0.4 is 5.56 Å². The van der Waals surface area contributed by atoms with Gasteiger partial charge >= 0.3 is 0 Å². The smallest absolute Gasteiger partial charge is 0.256 e. The number of nitrogens with one attached hydrogen (secondary N) is 1. The highest BCUT2D eigenvalue weighted by molar-refractivity contribution is 5.86. The van der Waals surface area contributed by atoms with Gasteiger partial charge in [-0.05, 0) is 37.1 Å². The van der Waals surface area contributed by atoms with E-state index >= 15 is 0 Å². The minimum absolute atomic E-state index is 0.0676. The van der Waals surface area contributed by atoms with Crippen LogP contribution in [0, 0.1) is 11.6 Å². The van der Waals surface area contributed by atoms with Gasteiger partial charge in [0.25, 0.3) is 5.56 Å². The third-order valence-electron chi connectivity index (χ3n) is 5.42. The molecule has 2 heterocycles. The summed E-state index contributed by atoms with van der Waals surface area (Å²) < 4.78 is 33.4. The van der Waals surface area contributed by atoms with Crippen molar-refractivity contribution in [3.8, 4) is 0 Å². The summed E-state index contributed by atoms with van der Waals surface area (Å²) >= 11 is 0. The van der Waals surface area contributed by atoms with Gasteiger partial charge in [0.2, 0.25) is 0 Å². The Morgan fingerprint density at radius 2 is 1.81 bits per heavy atom. The Morgan fingerprint density at radius 1 is 1.15 bits per heavy atom. The van der Waals surface area contributed by atoms with E-state index in [-0.39, 0.29) is 24.1 Å². The van der Waals surface area contributed by atoms with Crippen LogP contribution in [0.4, 0.5) is 8.78 Å². The van der Waals surface area contributed by atoms with Gasteiger partial charge in [-0.15, -0.1) is 0 Å². The molecule has 2 atom stereocenters. The van der Waals surface area contributed by atoms with Gasteiger partial charge in [0.05, 0.1) is 24.6 Å². The first-order valence-corrected chi connectivity index (χ1v) is 8.85. The molecule has 0 saturated carbocycles. The van der Waals surface area contributed by atoms with Gasteiger partial charge in [0, 0.05) is 17.3 Å². The average molecular weight is 370 g/mol. The lowest BCUT2D eigenvalue weighted by Crippen LogP contribution is -2.35. The molecule has 1 aliphatic rings. The van der Waals surface area contributed by atoms with Crippen molar-refractivity contribution in [2.45, 2.75) is 25.6 Å². The summed E-state index contributed by atoms with van der Waals surface area (Å²) in [6.07, 6.45) is 0. The number of nitrogens with zero attached hydrogens (tertiary/aromatic N) is 1. The van der Waals surface area contributed by atoms with Crippen LogP contribution in [0.3, 0.4) is 0 Å². The van der Waals surface area contributed by atoms with Crippen molar-refractivity contribution in [2.75, 3.05) is 13.7 Å². The second-order valence-corrected chi connectivity index (χ2v) is 6.94. The van der Waals surface area contributed by atoms with E-state index in [0.717, 1.165) is 23.3 Å². The van der Waals surface area contributed by atoms with Crippen LogP contribution in [0.15, 0.2) is 47.3 Å². The Kier molecular flexibility index (Phi) is 4.53. The van der Waals surface area contributed by atoms with Crippen LogP contribution in [-0.2, 0) is 11.3 Å². The van der Waals surface area contributed by atoms with Crippen LogP contribution in [-0.4, -0.2) is 23.5 Å². The summed E-state index contributed by atoms with van der Waals surface area (Å²) in [6.45, 7) is 2.72. The molecule has 0 unspecified atom stereocenters. The molecule has 0 spiro atoms. The fourth-order valence-corrected chi connectivity index (χ4v) is 3.80. The van der Waals surface area contributed by atoms with Crippen LogP contribution >= 0.6 is 0 Å². The maximum atomic E-state index is 14.0. The minimum atomic E-state index is -1.03. The summed E-state index contributed by atoms with van der Waals surface area (Å²) in [4.78, 5) is 17.2. The summed E-state index contributed by atoms with van der Waals surface area (Å²) in [5.74, 6) is -1.98. The molecule has 0 fully saturated rings. The molecule has 6 heteroatoms. The van der Waals surface area contributed by atoms with Crippen molar-refractivity contribution in [1.82, 2.24) is 9.88 Å². The standard InChI is InChI=1S/C21H20F2N2O2/c1-12(13-6-4-3-5-7-13)25(2)19-11-27-10-18-20(19)14-8-16(22)17(23)9-15(14)21(26)24-18/h3-9,12,19H,10-11H2,1-2H3,(H,24,26)/t12-,19-/m1/s1. The third-order valence-corrected chi connectivity index (χ3v) is 5.42. The van der Waals surface area contributed by atoms with Crippen molar-refractivity contribution in [3.05, 3.63) is 81.3 Å². The molecule has 1 aromatic heterocycles. The van der Waals surface area contributed by atoms with E-state index in [1.54, 1.807) is 0 Å². The quantitative estimate of drug-likeness (QED) is 0.756. The minimum Gasteiger partial charge on any atom is -0.373 e. The fraction of sp³-hybridized carbons (Fsp3) is 0.286. The van der Waals surface area contributed by atoms with Gasteiger partial charge < -0.3 is 9.72 Å². The number of aromatic amines is 1. The van der Waals surface area contributed by atoms with Crippen molar-refractivity contribution in [1.29, 1.82) is 0 Å². The molecule has 0 radical (unpaired) electrons. The topological polar surface area (TPSA) is 45.3 Å². The zero-order chi connectivity index (χ0) is 19.1. The maximum Gasteiger partial charge on any atom is 0.256 e. The normalized spacial score (nSPS) is 17.9. The van der Waals surface area contributed by atoms with Crippen molar-refractivity contribution >= 4 is 10.8 Å². The van der Waals surface area contributed by atoms with E-state index in [9.17, 15) is 13.6 Å². The maximum absolute atomic E-state index is 14.0. The van der Waals surface area contributed by atoms with Crippen molar-refractivity contribution < 1.29 is 13.5 Å². The van der Waals surface area contributed by atoms with Crippen LogP contribution in [0.2, 0.25) is 0 Å². The Hall–Kier alpha value is -2.57. The Labute approximate surface area is 155 Å². The van der Waals surface area contributed by atoms with E-state index in [4.69, 9.17) is 4.74 Å². The second-order valence-electron chi connectivity index (χ2n) is 6.94. The zero-order valence-corrected chi connectivity index (χ0v) is 15.1. The SMILES string of the molecule is C[C@H](c1ccccc1)N(C)[C@@H]1COCc2[nH]c(=O)c3cc(F)c(F)cc3c21. The number of fused-ring (bicyclic) bond motifs is 3. The Bertz CT molecular complexity index is 1050. The van der Waals surface area contributed by atoms with Crippen LogP contribution in [0.25, 0.3) is 10.8 Å². The lowest BCUT2D eigenvalue weighted by molar-refractivity contribution is 0.0272. The Balaban J connectivity index is 1.86. The number of ether oxygens (including phenoxy) is 1. The molecule has 27 heavy (non-hydrogen) atoms. The van der Waals surface area contributed by atoms with Gasteiger partial charge in [0.1, 0.15) is 0 Å². The number of likely N-dealkylation sites (N-methyl/N-ethyl adjacent to an activating group) is 1. The summed E-state index contributed by atoms with van der Waals surface area (Å²) in [5.41, 5.74) is 2.10. The first-order valence-electron chi connectivity index (χ1n) is 8.85. The van der Waals surface area contributed by atoms with Crippen molar-refractivity contribution in [2.24, 2.45) is 0 Å². The van der Waals surface area contributed by atoms with E-state index in [1.165, 1.54) is 0 Å². The highest BCUT2D eigenvalue weighted by Crippen LogP contribution is 2.37. The lowest BCUT2D eigenvalue weighted by Gasteiger charge is -2.37. The molecule has 4 nitrogen and oxygen atoms in total. The highest BCUT2D eigenvalue weighted by atomic mass is 19.2. The number of hydrogen-bond donors (Lipinski definition) is 1. The monoisotopic (exact) mass is 370 g/mol. The Morgan fingerprint density at radius 3 is 2.52 bits per heavy atom. The molecule has 0 amide bonds. The van der Waals surface area contributed by atoms with Gasteiger partial charge in [-0.25, -0.2) is 8.78 Å². The molecular formula is C21H20F2N2O2. The molecule has 3 aromatic rings. The van der Waals surface area contributed by atoms with Crippen LogP contribution in [0.5, 0.6) is 0 Å².